The maximum atomic E-state index is 13.2. The van der Waals surface area contributed by atoms with Gasteiger partial charge in [0.2, 0.25) is 0 Å². The fraction of sp³-hybridized carbons (Fsp3) is 0.200. The summed E-state index contributed by atoms with van der Waals surface area (Å²) in [6.45, 7) is 1.92. The molecule has 0 saturated carbocycles. The molecule has 0 aromatic heterocycles. The molecular weight excluding hydrogens is 312 g/mol. The maximum absolute atomic E-state index is 13.2. The van der Waals surface area contributed by atoms with E-state index < -0.39 is 0 Å². The number of rotatable bonds is 3. The molecule has 2 aromatic rings. The first-order valence-corrected chi connectivity index (χ1v) is 6.72. The molecule has 1 nitrogen and oxygen atoms in total. The van der Waals surface area contributed by atoms with Crippen molar-refractivity contribution in [3.05, 3.63) is 69.2 Å². The van der Waals surface area contributed by atoms with Crippen molar-refractivity contribution in [2.24, 2.45) is 5.73 Å². The summed E-state index contributed by atoms with van der Waals surface area (Å²) in [4.78, 5) is 0. The molecule has 4 heteroatoms. The highest BCUT2D eigenvalue weighted by Gasteiger charge is 2.13. The number of nitrogens with two attached hydrogens (primary N) is 1. The summed E-state index contributed by atoms with van der Waals surface area (Å²) < 4.78 is 26.9. The molecule has 0 aliphatic rings. The highest BCUT2D eigenvalue weighted by Crippen LogP contribution is 2.26. The highest BCUT2D eigenvalue weighted by molar-refractivity contribution is 9.10. The zero-order chi connectivity index (χ0) is 14.0. The average Bonchev–Trinajstić information content (AvgIpc) is 2.33. The average molecular weight is 326 g/mol. The third kappa shape index (κ3) is 3.39. The molecule has 0 radical (unpaired) electrons. The van der Waals surface area contributed by atoms with Crippen molar-refractivity contribution in [2.75, 3.05) is 0 Å². The van der Waals surface area contributed by atoms with E-state index in [2.05, 4.69) is 15.9 Å². The predicted octanol–water partition coefficient (Wildman–Crippen LogP) is 4.28. The minimum atomic E-state index is -0.315. The van der Waals surface area contributed by atoms with Crippen LogP contribution in [0.4, 0.5) is 8.78 Å². The molecule has 2 N–H and O–H groups in total. The molecule has 0 heterocycles. The Kier molecular flexibility index (Phi) is 4.32. The van der Waals surface area contributed by atoms with Crippen LogP contribution in [0.1, 0.15) is 22.7 Å². The van der Waals surface area contributed by atoms with Crippen LogP contribution in [-0.4, -0.2) is 0 Å². The number of aryl methyl sites for hydroxylation is 1. The second-order valence-electron chi connectivity index (χ2n) is 4.55. The first-order valence-electron chi connectivity index (χ1n) is 5.93. The third-order valence-corrected chi connectivity index (χ3v) is 3.80. The second kappa shape index (κ2) is 5.80. The van der Waals surface area contributed by atoms with E-state index in [9.17, 15) is 8.78 Å². The molecule has 0 aliphatic carbocycles. The highest BCUT2D eigenvalue weighted by atomic mass is 79.9. The van der Waals surface area contributed by atoms with Crippen LogP contribution >= 0.6 is 15.9 Å². The van der Waals surface area contributed by atoms with Gasteiger partial charge in [0.15, 0.2) is 0 Å². The zero-order valence-corrected chi connectivity index (χ0v) is 12.0. The molecule has 0 amide bonds. The van der Waals surface area contributed by atoms with Gasteiger partial charge in [-0.2, -0.15) is 0 Å². The Morgan fingerprint density at radius 3 is 2.42 bits per heavy atom. The van der Waals surface area contributed by atoms with E-state index >= 15 is 0 Å². The van der Waals surface area contributed by atoms with Crippen molar-refractivity contribution < 1.29 is 8.78 Å². The Morgan fingerprint density at radius 2 is 1.74 bits per heavy atom. The lowest BCUT2D eigenvalue weighted by molar-refractivity contribution is 0.618. The topological polar surface area (TPSA) is 26.0 Å². The first-order chi connectivity index (χ1) is 8.97. The van der Waals surface area contributed by atoms with Gasteiger partial charge in [-0.25, -0.2) is 8.78 Å². The molecule has 0 bridgehead atoms. The number of hydrogen-bond acceptors (Lipinski definition) is 1. The molecule has 2 aromatic carbocycles. The van der Waals surface area contributed by atoms with Gasteiger partial charge >= 0.3 is 0 Å². The lowest BCUT2D eigenvalue weighted by atomic mass is 9.96. The van der Waals surface area contributed by atoms with Gasteiger partial charge in [0.05, 0.1) is 0 Å². The summed E-state index contributed by atoms with van der Waals surface area (Å²) in [6, 6.07) is 8.75. The van der Waals surface area contributed by atoms with E-state index in [0.717, 1.165) is 16.7 Å². The Bertz CT molecular complexity index is 599. The normalized spacial score (nSPS) is 12.5. The van der Waals surface area contributed by atoms with E-state index in [4.69, 9.17) is 5.73 Å². The summed E-state index contributed by atoms with van der Waals surface area (Å²) in [5.41, 5.74) is 8.79. The molecule has 1 unspecified atom stereocenters. The van der Waals surface area contributed by atoms with Crippen LogP contribution in [0.15, 0.2) is 40.9 Å². The number of benzene rings is 2. The van der Waals surface area contributed by atoms with E-state index in [1.807, 2.05) is 6.92 Å². The summed E-state index contributed by atoms with van der Waals surface area (Å²) in [5, 5.41) is 0. The molecule has 1 atom stereocenters. The molecule has 0 spiro atoms. The fourth-order valence-corrected chi connectivity index (χ4v) is 2.65. The van der Waals surface area contributed by atoms with Crippen LogP contribution in [0.3, 0.4) is 0 Å². The summed E-state index contributed by atoms with van der Waals surface area (Å²) in [6.07, 6.45) is 0.508. The van der Waals surface area contributed by atoms with E-state index in [1.165, 1.54) is 24.3 Å². The van der Waals surface area contributed by atoms with Crippen LogP contribution in [0, 0.1) is 18.6 Å². The molecular formula is C15H14BrF2N. The van der Waals surface area contributed by atoms with Gasteiger partial charge in [-0.3, -0.25) is 0 Å². The summed E-state index contributed by atoms with van der Waals surface area (Å²) in [5.74, 6) is -0.587. The summed E-state index contributed by atoms with van der Waals surface area (Å²) >= 11 is 3.30. The monoisotopic (exact) mass is 325 g/mol. The Hall–Kier alpha value is -1.26. The van der Waals surface area contributed by atoms with Crippen molar-refractivity contribution in [3.63, 3.8) is 0 Å². The quantitative estimate of drug-likeness (QED) is 0.895. The molecule has 0 fully saturated rings. The minimum Gasteiger partial charge on any atom is -0.324 e. The van der Waals surface area contributed by atoms with Crippen molar-refractivity contribution >= 4 is 15.9 Å². The summed E-state index contributed by atoms with van der Waals surface area (Å²) in [7, 11) is 0. The van der Waals surface area contributed by atoms with Crippen LogP contribution in [-0.2, 0) is 6.42 Å². The molecule has 0 saturated heterocycles. The Morgan fingerprint density at radius 1 is 1.11 bits per heavy atom. The lowest BCUT2D eigenvalue weighted by Gasteiger charge is -2.15. The molecule has 100 valence electrons. The molecule has 19 heavy (non-hydrogen) atoms. The SMILES string of the molecule is Cc1ccc(F)cc1CC(N)c1ccc(F)cc1Br. The van der Waals surface area contributed by atoms with Crippen LogP contribution in [0.2, 0.25) is 0 Å². The fourth-order valence-electron chi connectivity index (χ4n) is 2.01. The number of halogens is 3. The Labute approximate surface area is 119 Å². The van der Waals surface area contributed by atoms with Gasteiger partial charge in [-0.05, 0) is 54.3 Å². The van der Waals surface area contributed by atoms with Gasteiger partial charge in [0.25, 0.3) is 0 Å². The molecule has 0 aliphatic heterocycles. The van der Waals surface area contributed by atoms with Crippen molar-refractivity contribution in [2.45, 2.75) is 19.4 Å². The van der Waals surface area contributed by atoms with Gasteiger partial charge < -0.3 is 5.73 Å². The first kappa shape index (κ1) is 14.2. The third-order valence-electron chi connectivity index (χ3n) is 3.11. The van der Waals surface area contributed by atoms with Gasteiger partial charge in [0, 0.05) is 10.5 Å². The van der Waals surface area contributed by atoms with Crippen LogP contribution < -0.4 is 5.73 Å². The van der Waals surface area contributed by atoms with Gasteiger partial charge in [0.1, 0.15) is 11.6 Å². The maximum Gasteiger partial charge on any atom is 0.124 e. The largest absolute Gasteiger partial charge is 0.324 e. The van der Waals surface area contributed by atoms with Crippen molar-refractivity contribution in [1.82, 2.24) is 0 Å². The smallest absolute Gasteiger partial charge is 0.124 e. The minimum absolute atomic E-state index is 0.272. The van der Waals surface area contributed by atoms with Crippen LogP contribution in [0.5, 0.6) is 0 Å². The van der Waals surface area contributed by atoms with E-state index in [1.54, 1.807) is 12.1 Å². The molecule has 2 rings (SSSR count). The Balaban J connectivity index is 2.25. The zero-order valence-electron chi connectivity index (χ0n) is 10.5. The number of hydrogen-bond donors (Lipinski definition) is 1. The van der Waals surface area contributed by atoms with E-state index in [0.29, 0.717) is 10.9 Å². The van der Waals surface area contributed by atoms with E-state index in [-0.39, 0.29) is 17.7 Å². The predicted molar refractivity (Wildman–Crippen MR) is 75.9 cm³/mol. The standard InChI is InChI=1S/C15H14BrF2N/c1-9-2-3-11(17)6-10(9)7-15(19)13-5-4-12(18)8-14(13)16/h2-6,8,15H,7,19H2,1H3. The second-order valence-corrected chi connectivity index (χ2v) is 5.40. The van der Waals surface area contributed by atoms with Crippen molar-refractivity contribution in [3.8, 4) is 0 Å². The van der Waals surface area contributed by atoms with Crippen molar-refractivity contribution in [1.29, 1.82) is 0 Å². The lowest BCUT2D eigenvalue weighted by Crippen LogP contribution is -2.15. The van der Waals surface area contributed by atoms with Crippen LogP contribution in [0.25, 0.3) is 0 Å². The van der Waals surface area contributed by atoms with Gasteiger partial charge in [-0.1, -0.05) is 28.1 Å². The van der Waals surface area contributed by atoms with Gasteiger partial charge in [-0.15, -0.1) is 0 Å².